The maximum atomic E-state index is 11.0. The Morgan fingerprint density at radius 3 is 2.47 bits per heavy atom. The molecule has 0 atom stereocenters. The van der Waals surface area contributed by atoms with E-state index in [1.54, 1.807) is 6.92 Å². The number of rotatable bonds is 5. The van der Waals surface area contributed by atoms with E-state index in [0.29, 0.717) is 6.61 Å². The summed E-state index contributed by atoms with van der Waals surface area (Å²) in [4.78, 5) is 13.2. The van der Waals surface area contributed by atoms with Crippen molar-refractivity contribution in [3.05, 3.63) is 12.2 Å². The Labute approximate surface area is 93.1 Å². The highest BCUT2D eigenvalue weighted by Crippen LogP contribution is 2.13. The van der Waals surface area contributed by atoms with Gasteiger partial charge in [-0.2, -0.15) is 0 Å². The molecule has 0 radical (unpaired) electrons. The highest BCUT2D eigenvalue weighted by Gasteiger charge is 2.12. The predicted octanol–water partition coefficient (Wildman–Crippen LogP) is 2.08. The number of esters is 1. The largest absolute Gasteiger partial charge is 0.463 e. The molecule has 88 valence electrons. The number of carbonyl (C=O) groups excluding carboxylic acids is 1. The standard InChI is InChI=1S/C12H23NO2/c1-6-15-11(14)8-7-9-13(5)10-12(2,3)4/h7-8H,6,9-10H2,1-5H3/b8-7+. The van der Waals surface area contributed by atoms with Crippen molar-refractivity contribution < 1.29 is 9.53 Å². The highest BCUT2D eigenvalue weighted by atomic mass is 16.5. The molecule has 3 heteroatoms. The van der Waals surface area contributed by atoms with E-state index in [1.165, 1.54) is 6.08 Å². The molecule has 0 saturated heterocycles. The quantitative estimate of drug-likeness (QED) is 0.517. The van der Waals surface area contributed by atoms with Gasteiger partial charge in [0.25, 0.3) is 0 Å². The zero-order valence-electron chi connectivity index (χ0n) is 10.5. The molecular weight excluding hydrogens is 190 g/mol. The first-order valence-electron chi connectivity index (χ1n) is 5.37. The SMILES string of the molecule is CCOC(=O)/C=C/CN(C)CC(C)(C)C. The smallest absolute Gasteiger partial charge is 0.330 e. The molecule has 0 N–H and O–H groups in total. The van der Waals surface area contributed by atoms with Gasteiger partial charge in [-0.1, -0.05) is 26.8 Å². The van der Waals surface area contributed by atoms with E-state index in [9.17, 15) is 4.79 Å². The van der Waals surface area contributed by atoms with E-state index in [4.69, 9.17) is 4.74 Å². The minimum atomic E-state index is -0.262. The summed E-state index contributed by atoms with van der Waals surface area (Å²) in [6.45, 7) is 10.6. The average Bonchev–Trinajstić information content (AvgIpc) is 2.00. The third-order valence-electron chi connectivity index (χ3n) is 1.70. The Morgan fingerprint density at radius 1 is 1.40 bits per heavy atom. The van der Waals surface area contributed by atoms with Gasteiger partial charge in [0.2, 0.25) is 0 Å². The second kappa shape index (κ2) is 6.62. The molecule has 0 amide bonds. The topological polar surface area (TPSA) is 29.5 Å². The molecule has 0 aromatic carbocycles. The lowest BCUT2D eigenvalue weighted by Crippen LogP contribution is -2.29. The third-order valence-corrected chi connectivity index (χ3v) is 1.70. The average molecular weight is 213 g/mol. The molecule has 0 rings (SSSR count). The summed E-state index contributed by atoms with van der Waals surface area (Å²) in [5.41, 5.74) is 0.284. The van der Waals surface area contributed by atoms with Gasteiger partial charge in [-0.3, -0.25) is 0 Å². The molecule has 0 bridgehead atoms. The van der Waals surface area contributed by atoms with Gasteiger partial charge in [0.1, 0.15) is 0 Å². The molecule has 0 aliphatic carbocycles. The van der Waals surface area contributed by atoms with Crippen molar-refractivity contribution in [2.75, 3.05) is 26.7 Å². The van der Waals surface area contributed by atoms with Gasteiger partial charge < -0.3 is 9.64 Å². The van der Waals surface area contributed by atoms with Crippen LogP contribution < -0.4 is 0 Å². The molecule has 0 spiro atoms. The van der Waals surface area contributed by atoms with Gasteiger partial charge in [-0.25, -0.2) is 4.79 Å². The van der Waals surface area contributed by atoms with Crippen LogP contribution in [-0.4, -0.2) is 37.6 Å². The Kier molecular flexibility index (Phi) is 6.25. The number of carbonyl (C=O) groups is 1. The zero-order valence-corrected chi connectivity index (χ0v) is 10.5. The maximum absolute atomic E-state index is 11.0. The normalized spacial score (nSPS) is 12.4. The van der Waals surface area contributed by atoms with Crippen molar-refractivity contribution in [2.24, 2.45) is 5.41 Å². The lowest BCUT2D eigenvalue weighted by Gasteiger charge is -2.25. The first-order valence-corrected chi connectivity index (χ1v) is 5.37. The van der Waals surface area contributed by atoms with E-state index in [2.05, 4.69) is 25.7 Å². The molecule has 0 aromatic rings. The molecule has 0 aromatic heterocycles. The van der Waals surface area contributed by atoms with Crippen LogP contribution in [0.1, 0.15) is 27.7 Å². The highest BCUT2D eigenvalue weighted by molar-refractivity contribution is 5.81. The Balaban J connectivity index is 3.80. The minimum Gasteiger partial charge on any atom is -0.463 e. The van der Waals surface area contributed by atoms with Crippen molar-refractivity contribution in [1.29, 1.82) is 0 Å². The van der Waals surface area contributed by atoms with Crippen molar-refractivity contribution >= 4 is 5.97 Å². The van der Waals surface area contributed by atoms with Crippen LogP contribution in [0.3, 0.4) is 0 Å². The van der Waals surface area contributed by atoms with Crippen LogP contribution in [0.25, 0.3) is 0 Å². The van der Waals surface area contributed by atoms with Crippen LogP contribution >= 0.6 is 0 Å². The van der Waals surface area contributed by atoms with E-state index < -0.39 is 0 Å². The summed E-state index contributed by atoms with van der Waals surface area (Å²) in [7, 11) is 2.04. The van der Waals surface area contributed by atoms with E-state index in [0.717, 1.165) is 13.1 Å². The predicted molar refractivity (Wildman–Crippen MR) is 62.7 cm³/mol. The number of hydrogen-bond acceptors (Lipinski definition) is 3. The summed E-state index contributed by atoms with van der Waals surface area (Å²) in [6.07, 6.45) is 3.33. The molecule has 15 heavy (non-hydrogen) atoms. The second-order valence-corrected chi connectivity index (χ2v) is 4.91. The summed E-state index contributed by atoms with van der Waals surface area (Å²) in [6, 6.07) is 0. The van der Waals surface area contributed by atoms with Crippen LogP contribution in [0.5, 0.6) is 0 Å². The first-order chi connectivity index (χ1) is 6.85. The molecule has 0 unspecified atom stereocenters. The summed E-state index contributed by atoms with van der Waals surface area (Å²) in [5, 5.41) is 0. The molecule has 0 aliphatic rings. The lowest BCUT2D eigenvalue weighted by molar-refractivity contribution is -0.137. The molecule has 0 saturated carbocycles. The number of nitrogens with zero attached hydrogens (tertiary/aromatic N) is 1. The third kappa shape index (κ3) is 9.47. The fraction of sp³-hybridized carbons (Fsp3) is 0.750. The fourth-order valence-corrected chi connectivity index (χ4v) is 1.39. The fourth-order valence-electron chi connectivity index (χ4n) is 1.39. The number of ether oxygens (including phenoxy) is 1. The van der Waals surface area contributed by atoms with Crippen molar-refractivity contribution in [1.82, 2.24) is 4.90 Å². The lowest BCUT2D eigenvalue weighted by atomic mass is 9.96. The molecule has 3 nitrogen and oxygen atoms in total. The van der Waals surface area contributed by atoms with Crippen molar-refractivity contribution in [3.8, 4) is 0 Å². The van der Waals surface area contributed by atoms with Crippen LogP contribution in [0, 0.1) is 5.41 Å². The Morgan fingerprint density at radius 2 is 2.00 bits per heavy atom. The summed E-state index contributed by atoms with van der Waals surface area (Å²) >= 11 is 0. The van der Waals surface area contributed by atoms with Gasteiger partial charge >= 0.3 is 5.97 Å². The Bertz CT molecular complexity index is 216. The molecule has 0 heterocycles. The van der Waals surface area contributed by atoms with Crippen LogP contribution in [0.2, 0.25) is 0 Å². The van der Waals surface area contributed by atoms with E-state index >= 15 is 0 Å². The molecule has 0 fully saturated rings. The van der Waals surface area contributed by atoms with Gasteiger partial charge in [0.15, 0.2) is 0 Å². The van der Waals surface area contributed by atoms with Crippen LogP contribution in [0.4, 0.5) is 0 Å². The monoisotopic (exact) mass is 213 g/mol. The van der Waals surface area contributed by atoms with Crippen molar-refractivity contribution in [3.63, 3.8) is 0 Å². The first kappa shape index (κ1) is 14.2. The summed E-state index contributed by atoms with van der Waals surface area (Å²) in [5.74, 6) is -0.262. The van der Waals surface area contributed by atoms with Crippen LogP contribution in [0.15, 0.2) is 12.2 Å². The number of likely N-dealkylation sites (N-methyl/N-ethyl adjacent to an activating group) is 1. The zero-order chi connectivity index (χ0) is 11.9. The van der Waals surface area contributed by atoms with E-state index in [-0.39, 0.29) is 11.4 Å². The minimum absolute atomic E-state index is 0.262. The van der Waals surface area contributed by atoms with Gasteiger partial charge in [-0.05, 0) is 19.4 Å². The van der Waals surface area contributed by atoms with Gasteiger partial charge in [0, 0.05) is 19.2 Å². The maximum Gasteiger partial charge on any atom is 0.330 e. The van der Waals surface area contributed by atoms with E-state index in [1.807, 2.05) is 13.1 Å². The summed E-state index contributed by atoms with van der Waals surface area (Å²) < 4.78 is 4.78. The van der Waals surface area contributed by atoms with Crippen molar-refractivity contribution in [2.45, 2.75) is 27.7 Å². The van der Waals surface area contributed by atoms with Crippen LogP contribution in [-0.2, 0) is 9.53 Å². The number of hydrogen-bond donors (Lipinski definition) is 0. The van der Waals surface area contributed by atoms with Gasteiger partial charge in [0.05, 0.1) is 6.61 Å². The molecule has 0 aliphatic heterocycles. The molecular formula is C12H23NO2. The second-order valence-electron chi connectivity index (χ2n) is 4.91. The Hall–Kier alpha value is -0.830. The van der Waals surface area contributed by atoms with Gasteiger partial charge in [-0.15, -0.1) is 0 Å².